The number of hydrogen-bond donors (Lipinski definition) is 1. The van der Waals surface area contributed by atoms with Crippen molar-refractivity contribution in [1.82, 2.24) is 4.90 Å². The Balaban J connectivity index is 2.02. The number of thiol groups is 1. The van der Waals surface area contributed by atoms with Gasteiger partial charge in [-0.25, -0.2) is 0 Å². The van der Waals surface area contributed by atoms with Crippen LogP contribution in [0.25, 0.3) is 0 Å². The number of piperidine rings is 1. The van der Waals surface area contributed by atoms with E-state index in [4.69, 9.17) is 0 Å². The first-order valence-electron chi connectivity index (χ1n) is 5.73. The molecule has 0 aromatic carbocycles. The molecule has 0 aromatic rings. The molecule has 0 aliphatic carbocycles. The number of amides is 1. The zero-order chi connectivity index (χ0) is 10.2. The molecule has 0 aromatic heterocycles. The molecule has 2 nitrogen and oxygen atoms in total. The molecule has 1 amide bonds. The molecule has 0 bridgehead atoms. The fourth-order valence-corrected chi connectivity index (χ4v) is 2.09. The molecule has 82 valence electrons. The van der Waals surface area contributed by atoms with Crippen molar-refractivity contribution in [2.24, 2.45) is 0 Å². The van der Waals surface area contributed by atoms with Crippen molar-refractivity contribution in [1.29, 1.82) is 0 Å². The normalized spacial score (nSPS) is 17.5. The first-order chi connectivity index (χ1) is 6.84. The molecule has 1 aliphatic heterocycles. The Morgan fingerprint density at radius 2 is 1.93 bits per heavy atom. The van der Waals surface area contributed by atoms with Gasteiger partial charge in [-0.15, -0.1) is 0 Å². The van der Waals surface area contributed by atoms with Crippen molar-refractivity contribution >= 4 is 18.5 Å². The van der Waals surface area contributed by atoms with Gasteiger partial charge in [0, 0.05) is 19.5 Å². The summed E-state index contributed by atoms with van der Waals surface area (Å²) >= 11 is 4.17. The van der Waals surface area contributed by atoms with Gasteiger partial charge in [-0.2, -0.15) is 12.6 Å². The summed E-state index contributed by atoms with van der Waals surface area (Å²) in [5.41, 5.74) is 0. The molecule has 3 heteroatoms. The number of carbonyl (C=O) groups is 1. The largest absolute Gasteiger partial charge is 0.343 e. The molecular weight excluding hydrogens is 194 g/mol. The highest BCUT2D eigenvalue weighted by molar-refractivity contribution is 7.80. The fraction of sp³-hybridized carbons (Fsp3) is 0.909. The molecule has 0 saturated carbocycles. The Morgan fingerprint density at radius 3 is 2.64 bits per heavy atom. The SMILES string of the molecule is O=C1CCCCN1CCCCCCS. The number of nitrogens with zero attached hydrogens (tertiary/aromatic N) is 1. The van der Waals surface area contributed by atoms with E-state index in [1.807, 2.05) is 4.90 Å². The number of likely N-dealkylation sites (tertiary alicyclic amines) is 1. The second kappa shape index (κ2) is 7.16. The first-order valence-corrected chi connectivity index (χ1v) is 6.36. The molecular formula is C11H21NOS. The predicted molar refractivity (Wildman–Crippen MR) is 62.8 cm³/mol. The highest BCUT2D eigenvalue weighted by Gasteiger charge is 2.16. The molecule has 0 unspecified atom stereocenters. The van der Waals surface area contributed by atoms with Crippen LogP contribution in [-0.2, 0) is 4.79 Å². The third-order valence-electron chi connectivity index (χ3n) is 2.76. The number of rotatable bonds is 6. The summed E-state index contributed by atoms with van der Waals surface area (Å²) in [5.74, 6) is 1.35. The molecule has 0 atom stereocenters. The molecule has 0 spiro atoms. The van der Waals surface area contributed by atoms with Gasteiger partial charge >= 0.3 is 0 Å². The summed E-state index contributed by atoms with van der Waals surface area (Å²) < 4.78 is 0. The third kappa shape index (κ3) is 4.36. The summed E-state index contributed by atoms with van der Waals surface area (Å²) in [6.07, 6.45) is 7.93. The zero-order valence-corrected chi connectivity index (χ0v) is 9.77. The Hall–Kier alpha value is -0.180. The highest BCUT2D eigenvalue weighted by atomic mass is 32.1. The van der Waals surface area contributed by atoms with Crippen LogP contribution in [0.3, 0.4) is 0 Å². The van der Waals surface area contributed by atoms with Crippen LogP contribution >= 0.6 is 12.6 Å². The maximum Gasteiger partial charge on any atom is 0.222 e. The van der Waals surface area contributed by atoms with E-state index in [0.29, 0.717) is 5.91 Å². The highest BCUT2D eigenvalue weighted by Crippen LogP contribution is 2.11. The first kappa shape index (κ1) is 11.9. The van der Waals surface area contributed by atoms with Gasteiger partial charge in [0.2, 0.25) is 5.91 Å². The molecule has 1 rings (SSSR count). The van der Waals surface area contributed by atoms with E-state index in [0.717, 1.165) is 31.7 Å². The minimum Gasteiger partial charge on any atom is -0.343 e. The van der Waals surface area contributed by atoms with Crippen LogP contribution in [0.15, 0.2) is 0 Å². The van der Waals surface area contributed by atoms with E-state index < -0.39 is 0 Å². The van der Waals surface area contributed by atoms with E-state index in [9.17, 15) is 4.79 Å². The number of unbranched alkanes of at least 4 members (excludes halogenated alkanes) is 3. The second-order valence-electron chi connectivity index (χ2n) is 3.98. The van der Waals surface area contributed by atoms with Gasteiger partial charge < -0.3 is 4.90 Å². The Labute approximate surface area is 92.5 Å². The standard InChI is InChI=1S/C11H21NOS/c13-11-7-3-5-9-12(11)8-4-1-2-6-10-14/h14H,1-10H2. The summed E-state index contributed by atoms with van der Waals surface area (Å²) in [5, 5.41) is 0. The zero-order valence-electron chi connectivity index (χ0n) is 8.87. The van der Waals surface area contributed by atoms with Crippen LogP contribution in [0, 0.1) is 0 Å². The monoisotopic (exact) mass is 215 g/mol. The second-order valence-corrected chi connectivity index (χ2v) is 4.42. The van der Waals surface area contributed by atoms with Gasteiger partial charge in [-0.3, -0.25) is 4.79 Å². The van der Waals surface area contributed by atoms with E-state index in [1.165, 1.54) is 32.1 Å². The predicted octanol–water partition coefficient (Wildman–Crippen LogP) is 2.49. The van der Waals surface area contributed by atoms with Gasteiger partial charge in [-0.05, 0) is 31.4 Å². The van der Waals surface area contributed by atoms with Crippen molar-refractivity contribution in [2.45, 2.75) is 44.9 Å². The van der Waals surface area contributed by atoms with Crippen LogP contribution in [0.4, 0.5) is 0 Å². The number of carbonyl (C=O) groups excluding carboxylic acids is 1. The summed E-state index contributed by atoms with van der Waals surface area (Å²) in [6.45, 7) is 1.97. The van der Waals surface area contributed by atoms with E-state index >= 15 is 0 Å². The third-order valence-corrected chi connectivity index (χ3v) is 3.07. The summed E-state index contributed by atoms with van der Waals surface area (Å²) in [6, 6.07) is 0. The average molecular weight is 215 g/mol. The van der Waals surface area contributed by atoms with Crippen molar-refractivity contribution in [3.05, 3.63) is 0 Å². The molecule has 1 saturated heterocycles. The van der Waals surface area contributed by atoms with Crippen LogP contribution in [0.1, 0.15) is 44.9 Å². The summed E-state index contributed by atoms with van der Waals surface area (Å²) in [4.78, 5) is 13.5. The molecule has 1 heterocycles. The van der Waals surface area contributed by atoms with Crippen LogP contribution in [-0.4, -0.2) is 29.6 Å². The van der Waals surface area contributed by atoms with E-state index in [2.05, 4.69) is 12.6 Å². The minimum absolute atomic E-state index is 0.366. The maximum atomic E-state index is 11.4. The van der Waals surface area contributed by atoms with E-state index in [1.54, 1.807) is 0 Å². The minimum atomic E-state index is 0.366. The Bertz CT molecular complexity index is 173. The van der Waals surface area contributed by atoms with Crippen LogP contribution < -0.4 is 0 Å². The molecule has 14 heavy (non-hydrogen) atoms. The van der Waals surface area contributed by atoms with Gasteiger partial charge in [0.25, 0.3) is 0 Å². The average Bonchev–Trinajstić information content (AvgIpc) is 2.20. The van der Waals surface area contributed by atoms with Crippen molar-refractivity contribution in [2.75, 3.05) is 18.8 Å². The smallest absolute Gasteiger partial charge is 0.222 e. The van der Waals surface area contributed by atoms with Gasteiger partial charge in [0.05, 0.1) is 0 Å². The summed E-state index contributed by atoms with van der Waals surface area (Å²) in [7, 11) is 0. The topological polar surface area (TPSA) is 20.3 Å². The lowest BCUT2D eigenvalue weighted by atomic mass is 10.1. The van der Waals surface area contributed by atoms with Crippen LogP contribution in [0.2, 0.25) is 0 Å². The van der Waals surface area contributed by atoms with Gasteiger partial charge in [0.15, 0.2) is 0 Å². The molecule has 1 aliphatic rings. The Morgan fingerprint density at radius 1 is 1.14 bits per heavy atom. The Kier molecular flexibility index (Phi) is 6.08. The lowest BCUT2D eigenvalue weighted by Gasteiger charge is -2.26. The fourth-order valence-electron chi connectivity index (χ4n) is 1.87. The van der Waals surface area contributed by atoms with Crippen molar-refractivity contribution in [3.63, 3.8) is 0 Å². The molecule has 0 N–H and O–H groups in total. The van der Waals surface area contributed by atoms with Gasteiger partial charge in [-0.1, -0.05) is 12.8 Å². The van der Waals surface area contributed by atoms with E-state index in [-0.39, 0.29) is 0 Å². The van der Waals surface area contributed by atoms with Crippen LogP contribution in [0.5, 0.6) is 0 Å². The van der Waals surface area contributed by atoms with Gasteiger partial charge in [0.1, 0.15) is 0 Å². The lowest BCUT2D eigenvalue weighted by molar-refractivity contribution is -0.133. The van der Waals surface area contributed by atoms with Crippen molar-refractivity contribution < 1.29 is 4.79 Å². The number of hydrogen-bond acceptors (Lipinski definition) is 2. The molecule has 0 radical (unpaired) electrons. The lowest BCUT2D eigenvalue weighted by Crippen LogP contribution is -2.35. The molecule has 1 fully saturated rings. The maximum absolute atomic E-state index is 11.4. The quantitative estimate of drug-likeness (QED) is 0.533. The van der Waals surface area contributed by atoms with Crippen molar-refractivity contribution in [3.8, 4) is 0 Å².